The number of H-pyrrole nitrogens is 1. The fourth-order valence-electron chi connectivity index (χ4n) is 3.00. The summed E-state index contributed by atoms with van der Waals surface area (Å²) in [5.41, 5.74) is 2.02. The normalized spacial score (nSPS) is 23.4. The van der Waals surface area contributed by atoms with Crippen LogP contribution in [0.1, 0.15) is 18.4 Å². The third-order valence-corrected chi connectivity index (χ3v) is 4.16. The van der Waals surface area contributed by atoms with Crippen LogP contribution in [-0.4, -0.2) is 51.0 Å². The molecule has 7 heteroatoms. The molecule has 2 aromatic heterocycles. The lowest BCUT2D eigenvalue weighted by atomic mass is 10.1. The van der Waals surface area contributed by atoms with Gasteiger partial charge in [-0.15, -0.1) is 0 Å². The quantitative estimate of drug-likeness (QED) is 0.681. The van der Waals surface area contributed by atoms with Crippen molar-refractivity contribution in [3.05, 3.63) is 35.8 Å². The molecule has 0 spiro atoms. The number of guanidine groups is 1. The van der Waals surface area contributed by atoms with E-state index in [4.69, 9.17) is 0 Å². The van der Waals surface area contributed by atoms with Crippen molar-refractivity contribution < 1.29 is 9.90 Å². The lowest BCUT2D eigenvalue weighted by Gasteiger charge is -2.30. The van der Waals surface area contributed by atoms with Crippen molar-refractivity contribution in [2.24, 2.45) is 4.99 Å². The molecule has 1 unspecified atom stereocenters. The Labute approximate surface area is 132 Å². The summed E-state index contributed by atoms with van der Waals surface area (Å²) < 4.78 is 0. The van der Waals surface area contributed by atoms with Crippen LogP contribution in [0.3, 0.4) is 0 Å². The highest BCUT2D eigenvalue weighted by molar-refractivity contribution is 6.14. The first kappa shape index (κ1) is 14.0. The molecule has 4 rings (SSSR count). The van der Waals surface area contributed by atoms with Gasteiger partial charge in [-0.05, 0) is 31.1 Å². The van der Waals surface area contributed by atoms with Gasteiger partial charge in [-0.25, -0.2) is 9.98 Å². The Bertz CT molecular complexity index is 823. The van der Waals surface area contributed by atoms with Crippen LogP contribution in [0.4, 0.5) is 0 Å². The zero-order valence-corrected chi connectivity index (χ0v) is 12.5. The van der Waals surface area contributed by atoms with Crippen molar-refractivity contribution in [3.8, 4) is 0 Å². The van der Waals surface area contributed by atoms with Crippen molar-refractivity contribution >= 4 is 29.0 Å². The zero-order valence-electron chi connectivity index (χ0n) is 12.5. The summed E-state index contributed by atoms with van der Waals surface area (Å²) in [4.78, 5) is 25.8. The molecule has 2 aromatic rings. The first-order chi connectivity index (χ1) is 11.2. The molecule has 0 radical (unpaired) electrons. The van der Waals surface area contributed by atoms with Crippen molar-refractivity contribution in [2.45, 2.75) is 18.9 Å². The number of aliphatic hydroxyl groups is 1. The van der Waals surface area contributed by atoms with E-state index in [-0.39, 0.29) is 12.0 Å². The van der Waals surface area contributed by atoms with Gasteiger partial charge in [-0.1, -0.05) is 0 Å². The van der Waals surface area contributed by atoms with Crippen LogP contribution in [0.15, 0.2) is 35.2 Å². The zero-order chi connectivity index (χ0) is 15.8. The van der Waals surface area contributed by atoms with Crippen molar-refractivity contribution in [1.29, 1.82) is 0 Å². The second-order valence-electron chi connectivity index (χ2n) is 5.80. The van der Waals surface area contributed by atoms with Crippen molar-refractivity contribution in [2.75, 3.05) is 13.1 Å². The van der Waals surface area contributed by atoms with Gasteiger partial charge in [0.25, 0.3) is 5.91 Å². The SMILES string of the molecule is O=C1NC(N2CCCC(O)C2)=N/C1=C\c1c[nH]c2ncccc12. The summed E-state index contributed by atoms with van der Waals surface area (Å²) >= 11 is 0. The van der Waals surface area contributed by atoms with Gasteiger partial charge in [0.15, 0.2) is 0 Å². The molecule has 2 aliphatic heterocycles. The topological polar surface area (TPSA) is 93.6 Å². The van der Waals surface area contributed by atoms with E-state index in [0.29, 0.717) is 18.2 Å². The van der Waals surface area contributed by atoms with E-state index in [2.05, 4.69) is 20.3 Å². The fourth-order valence-corrected chi connectivity index (χ4v) is 3.00. The molecule has 0 bridgehead atoms. The highest BCUT2D eigenvalue weighted by atomic mass is 16.3. The number of aliphatic imine (C=N–C) groups is 1. The van der Waals surface area contributed by atoms with Gasteiger partial charge in [-0.3, -0.25) is 10.1 Å². The monoisotopic (exact) mass is 311 g/mol. The summed E-state index contributed by atoms with van der Waals surface area (Å²) in [7, 11) is 0. The number of carbonyl (C=O) groups excluding carboxylic acids is 1. The predicted octanol–water partition coefficient (Wildman–Crippen LogP) is 0.846. The molecule has 3 N–H and O–H groups in total. The summed E-state index contributed by atoms with van der Waals surface area (Å²) in [5.74, 6) is 0.302. The van der Waals surface area contributed by atoms with Gasteiger partial charge in [0.05, 0.1) is 6.10 Å². The minimum Gasteiger partial charge on any atom is -0.391 e. The second kappa shape index (κ2) is 5.51. The molecular formula is C16H17N5O2. The molecule has 4 heterocycles. The number of hydrogen-bond acceptors (Lipinski definition) is 5. The summed E-state index contributed by atoms with van der Waals surface area (Å²) in [6, 6.07) is 3.81. The predicted molar refractivity (Wildman–Crippen MR) is 86.5 cm³/mol. The van der Waals surface area contributed by atoms with Crippen LogP contribution >= 0.6 is 0 Å². The first-order valence-corrected chi connectivity index (χ1v) is 7.67. The molecule has 1 saturated heterocycles. The Morgan fingerprint density at radius 2 is 2.35 bits per heavy atom. The van der Waals surface area contributed by atoms with Crippen LogP contribution in [0.25, 0.3) is 17.1 Å². The van der Waals surface area contributed by atoms with Gasteiger partial charge in [0, 0.05) is 36.4 Å². The Balaban J connectivity index is 1.64. The molecule has 0 aliphatic carbocycles. The van der Waals surface area contributed by atoms with Crippen LogP contribution in [0.5, 0.6) is 0 Å². The first-order valence-electron chi connectivity index (χ1n) is 7.67. The Hall–Kier alpha value is -2.67. The maximum Gasteiger partial charge on any atom is 0.276 e. The summed E-state index contributed by atoms with van der Waals surface area (Å²) in [6.07, 6.45) is 6.61. The highest BCUT2D eigenvalue weighted by Crippen LogP contribution is 2.21. The standard InChI is InChI=1S/C16H17N5O2/c22-11-3-2-6-21(9-11)16-19-13(15(23)20-16)7-10-8-18-14-12(10)4-1-5-17-14/h1,4-5,7-8,11,22H,2-3,6,9H2,(H,17,18)(H,19,20,23)/b13-7-. The van der Waals surface area contributed by atoms with Crippen molar-refractivity contribution in [3.63, 3.8) is 0 Å². The number of aromatic amines is 1. The molecule has 0 saturated carbocycles. The Kier molecular flexibility index (Phi) is 3.34. The summed E-state index contributed by atoms with van der Waals surface area (Å²) in [6.45, 7) is 1.30. The molecule has 23 heavy (non-hydrogen) atoms. The van der Waals surface area contributed by atoms with Crippen LogP contribution in [-0.2, 0) is 4.79 Å². The number of aromatic nitrogens is 2. The number of β-amino-alcohol motifs (C(OH)–C–C–N with tert-alkyl or cyclic N) is 1. The highest BCUT2D eigenvalue weighted by Gasteiger charge is 2.27. The molecular weight excluding hydrogens is 294 g/mol. The van der Waals surface area contributed by atoms with Gasteiger partial charge in [-0.2, -0.15) is 0 Å². The molecule has 1 atom stereocenters. The fraction of sp³-hybridized carbons (Fsp3) is 0.312. The number of aliphatic hydroxyl groups excluding tert-OH is 1. The maximum atomic E-state index is 12.2. The van der Waals surface area contributed by atoms with Crippen molar-refractivity contribution in [1.82, 2.24) is 20.2 Å². The van der Waals surface area contributed by atoms with Crippen LogP contribution in [0, 0.1) is 0 Å². The van der Waals surface area contributed by atoms with E-state index in [9.17, 15) is 9.90 Å². The van der Waals surface area contributed by atoms with E-state index < -0.39 is 0 Å². The average molecular weight is 311 g/mol. The van der Waals surface area contributed by atoms with E-state index >= 15 is 0 Å². The Morgan fingerprint density at radius 1 is 1.43 bits per heavy atom. The second-order valence-corrected chi connectivity index (χ2v) is 5.80. The van der Waals surface area contributed by atoms with Gasteiger partial charge in [0.1, 0.15) is 11.3 Å². The molecule has 0 aromatic carbocycles. The van der Waals surface area contributed by atoms with Crippen LogP contribution in [0.2, 0.25) is 0 Å². The van der Waals surface area contributed by atoms with Gasteiger partial charge < -0.3 is 15.0 Å². The molecule has 7 nitrogen and oxygen atoms in total. The van der Waals surface area contributed by atoms with E-state index in [1.165, 1.54) is 0 Å². The maximum absolute atomic E-state index is 12.2. The molecule has 2 aliphatic rings. The number of amides is 1. The average Bonchev–Trinajstić information content (AvgIpc) is 3.13. The third-order valence-electron chi connectivity index (χ3n) is 4.16. The minimum absolute atomic E-state index is 0.224. The van der Waals surface area contributed by atoms with Gasteiger partial charge >= 0.3 is 0 Å². The minimum atomic E-state index is -0.365. The van der Waals surface area contributed by atoms with E-state index in [1.807, 2.05) is 23.2 Å². The number of likely N-dealkylation sites (tertiary alicyclic amines) is 1. The third kappa shape index (κ3) is 2.59. The molecule has 1 amide bonds. The number of carbonyl (C=O) groups is 1. The lowest BCUT2D eigenvalue weighted by Crippen LogP contribution is -2.47. The Morgan fingerprint density at radius 3 is 3.22 bits per heavy atom. The number of fused-ring (bicyclic) bond motifs is 1. The number of nitrogens with one attached hydrogen (secondary N) is 2. The van der Waals surface area contributed by atoms with E-state index in [0.717, 1.165) is 36.0 Å². The number of pyridine rings is 1. The van der Waals surface area contributed by atoms with E-state index in [1.54, 1.807) is 12.3 Å². The number of rotatable bonds is 1. The number of nitrogens with zero attached hydrogens (tertiary/aromatic N) is 3. The molecule has 118 valence electrons. The smallest absolute Gasteiger partial charge is 0.276 e. The lowest BCUT2D eigenvalue weighted by molar-refractivity contribution is -0.115. The number of hydrogen-bond donors (Lipinski definition) is 3. The van der Waals surface area contributed by atoms with Gasteiger partial charge in [0.2, 0.25) is 5.96 Å². The summed E-state index contributed by atoms with van der Waals surface area (Å²) in [5, 5.41) is 13.5. The number of piperidine rings is 1. The molecule has 1 fully saturated rings. The largest absolute Gasteiger partial charge is 0.391 e. The van der Waals surface area contributed by atoms with Crippen LogP contribution < -0.4 is 5.32 Å².